The van der Waals surface area contributed by atoms with Crippen LogP contribution in [0, 0.1) is 0 Å². The van der Waals surface area contributed by atoms with E-state index >= 15 is 0 Å². The van der Waals surface area contributed by atoms with E-state index in [9.17, 15) is 4.79 Å². The Bertz CT molecular complexity index is 707. The maximum atomic E-state index is 11.3. The Balaban J connectivity index is 1.87. The number of halogens is 1. The van der Waals surface area contributed by atoms with Gasteiger partial charge in [-0.1, -0.05) is 11.6 Å². The number of nitrogens with two attached hydrogens (primary N) is 1. The summed E-state index contributed by atoms with van der Waals surface area (Å²) in [7, 11) is 0. The van der Waals surface area contributed by atoms with Gasteiger partial charge in [0.25, 0.3) is 0 Å². The number of hydrogen-bond donors (Lipinski definition) is 3. The van der Waals surface area contributed by atoms with Crippen LogP contribution in [-0.4, -0.2) is 15.9 Å². The zero-order valence-electron chi connectivity index (χ0n) is 10.9. The molecule has 1 aliphatic rings. The van der Waals surface area contributed by atoms with Gasteiger partial charge in [-0.05, 0) is 30.2 Å². The van der Waals surface area contributed by atoms with Gasteiger partial charge in [-0.2, -0.15) is 4.98 Å². The fourth-order valence-electron chi connectivity index (χ4n) is 2.03. The number of carbonyl (C=O) groups is 1. The molecule has 0 aliphatic carbocycles. The lowest BCUT2D eigenvalue weighted by Gasteiger charge is -2.17. The smallest absolute Gasteiger partial charge is 0.243 e. The molecule has 3 rings (SSSR count). The molecule has 0 bridgehead atoms. The van der Waals surface area contributed by atoms with Gasteiger partial charge in [0.15, 0.2) is 0 Å². The van der Waals surface area contributed by atoms with Crippen molar-refractivity contribution in [3.8, 4) is 11.6 Å². The van der Waals surface area contributed by atoms with E-state index in [2.05, 4.69) is 20.7 Å². The van der Waals surface area contributed by atoms with Crippen LogP contribution in [0.15, 0.2) is 24.4 Å². The second-order valence-electron chi connectivity index (χ2n) is 4.46. The third kappa shape index (κ3) is 2.88. The summed E-state index contributed by atoms with van der Waals surface area (Å²) in [6.45, 7) is 0. The van der Waals surface area contributed by atoms with E-state index in [0.717, 1.165) is 11.3 Å². The SMILES string of the molecule is NNc1ncc(Cl)c(Oc2ccc3c(c2)CCC(=O)N3)n1. The average Bonchev–Trinajstić information content (AvgIpc) is 2.49. The molecule has 8 heteroatoms. The number of anilines is 2. The Morgan fingerprint density at radius 3 is 3.05 bits per heavy atom. The van der Waals surface area contributed by atoms with E-state index in [-0.39, 0.29) is 22.8 Å². The lowest BCUT2D eigenvalue weighted by atomic mass is 10.0. The van der Waals surface area contributed by atoms with Crippen molar-refractivity contribution in [1.82, 2.24) is 9.97 Å². The molecule has 1 aliphatic heterocycles. The van der Waals surface area contributed by atoms with Gasteiger partial charge < -0.3 is 10.1 Å². The first-order valence-corrected chi connectivity index (χ1v) is 6.63. The van der Waals surface area contributed by atoms with Crippen molar-refractivity contribution in [2.45, 2.75) is 12.8 Å². The predicted octanol–water partition coefficient (Wildman–Crippen LogP) is 2.09. The predicted molar refractivity (Wildman–Crippen MR) is 78.3 cm³/mol. The van der Waals surface area contributed by atoms with Crippen LogP contribution in [0.1, 0.15) is 12.0 Å². The summed E-state index contributed by atoms with van der Waals surface area (Å²) in [4.78, 5) is 19.2. The number of ether oxygens (including phenoxy) is 1. The van der Waals surface area contributed by atoms with Crippen molar-refractivity contribution in [3.63, 3.8) is 0 Å². The minimum Gasteiger partial charge on any atom is -0.437 e. The molecule has 4 N–H and O–H groups in total. The number of aryl methyl sites for hydroxylation is 1. The number of fused-ring (bicyclic) bond motifs is 1. The van der Waals surface area contributed by atoms with Crippen molar-refractivity contribution >= 4 is 29.1 Å². The number of nitrogens with zero attached hydrogens (tertiary/aromatic N) is 2. The summed E-state index contributed by atoms with van der Waals surface area (Å²) < 4.78 is 5.65. The number of amides is 1. The molecule has 0 saturated heterocycles. The zero-order valence-corrected chi connectivity index (χ0v) is 11.6. The number of carbonyl (C=O) groups excluding carboxylic acids is 1. The van der Waals surface area contributed by atoms with Crippen molar-refractivity contribution < 1.29 is 9.53 Å². The molecule has 0 radical (unpaired) electrons. The molecule has 2 aromatic rings. The molecule has 1 amide bonds. The highest BCUT2D eigenvalue weighted by atomic mass is 35.5. The molecule has 2 heterocycles. The number of benzene rings is 1. The summed E-state index contributed by atoms with van der Waals surface area (Å²) in [6.07, 6.45) is 2.54. The van der Waals surface area contributed by atoms with Gasteiger partial charge in [0.2, 0.25) is 17.7 Å². The van der Waals surface area contributed by atoms with Crippen LogP contribution >= 0.6 is 11.6 Å². The van der Waals surface area contributed by atoms with Crippen molar-refractivity contribution in [2.24, 2.45) is 5.84 Å². The van der Waals surface area contributed by atoms with Gasteiger partial charge in [-0.25, -0.2) is 10.8 Å². The maximum Gasteiger partial charge on any atom is 0.243 e. The fraction of sp³-hybridized carbons (Fsp3) is 0.154. The molecule has 1 aromatic heterocycles. The average molecular weight is 306 g/mol. The topological polar surface area (TPSA) is 102 Å². The fourth-order valence-corrected chi connectivity index (χ4v) is 2.16. The number of aromatic nitrogens is 2. The highest BCUT2D eigenvalue weighted by Gasteiger charge is 2.16. The first-order valence-electron chi connectivity index (χ1n) is 6.25. The normalized spacial score (nSPS) is 13.3. The van der Waals surface area contributed by atoms with E-state index in [0.29, 0.717) is 18.6 Å². The number of rotatable bonds is 3. The number of nitrogen functional groups attached to an aromatic ring is 1. The van der Waals surface area contributed by atoms with E-state index in [1.165, 1.54) is 6.20 Å². The molecular weight excluding hydrogens is 294 g/mol. The van der Waals surface area contributed by atoms with Gasteiger partial charge in [-0.3, -0.25) is 10.2 Å². The van der Waals surface area contributed by atoms with E-state index in [4.69, 9.17) is 22.2 Å². The Kier molecular flexibility index (Phi) is 3.59. The highest BCUT2D eigenvalue weighted by Crippen LogP contribution is 2.31. The molecule has 0 spiro atoms. The zero-order chi connectivity index (χ0) is 14.8. The van der Waals surface area contributed by atoms with E-state index in [1.807, 2.05) is 6.07 Å². The monoisotopic (exact) mass is 305 g/mol. The number of hydrogen-bond acceptors (Lipinski definition) is 6. The molecule has 108 valence electrons. The molecule has 0 unspecified atom stereocenters. The summed E-state index contributed by atoms with van der Waals surface area (Å²) in [5, 5.41) is 3.09. The summed E-state index contributed by atoms with van der Waals surface area (Å²) >= 11 is 5.99. The van der Waals surface area contributed by atoms with Gasteiger partial charge in [0.1, 0.15) is 10.8 Å². The molecule has 0 saturated carbocycles. The first-order chi connectivity index (χ1) is 10.2. The first kappa shape index (κ1) is 13.6. The van der Waals surface area contributed by atoms with Crippen LogP contribution in [-0.2, 0) is 11.2 Å². The van der Waals surface area contributed by atoms with Crippen LogP contribution in [0.3, 0.4) is 0 Å². The quantitative estimate of drug-likeness (QED) is 0.593. The van der Waals surface area contributed by atoms with Crippen LogP contribution < -0.4 is 21.3 Å². The summed E-state index contributed by atoms with van der Waals surface area (Å²) in [6, 6.07) is 5.38. The molecule has 0 fully saturated rings. The van der Waals surface area contributed by atoms with Gasteiger partial charge in [0, 0.05) is 12.1 Å². The molecule has 21 heavy (non-hydrogen) atoms. The maximum absolute atomic E-state index is 11.3. The molecule has 1 aromatic carbocycles. The minimum atomic E-state index is 0.0219. The molecule has 7 nitrogen and oxygen atoms in total. The third-order valence-electron chi connectivity index (χ3n) is 3.03. The van der Waals surface area contributed by atoms with E-state index in [1.54, 1.807) is 12.1 Å². The number of nitrogens with one attached hydrogen (secondary N) is 2. The van der Waals surface area contributed by atoms with Crippen LogP contribution in [0.25, 0.3) is 0 Å². The minimum absolute atomic E-state index is 0.0219. The van der Waals surface area contributed by atoms with Gasteiger partial charge in [-0.15, -0.1) is 0 Å². The highest BCUT2D eigenvalue weighted by molar-refractivity contribution is 6.31. The van der Waals surface area contributed by atoms with Gasteiger partial charge >= 0.3 is 0 Å². The van der Waals surface area contributed by atoms with Crippen molar-refractivity contribution in [3.05, 3.63) is 35.0 Å². The largest absolute Gasteiger partial charge is 0.437 e. The third-order valence-corrected chi connectivity index (χ3v) is 3.29. The second kappa shape index (κ2) is 5.55. The second-order valence-corrected chi connectivity index (χ2v) is 4.87. The Morgan fingerprint density at radius 2 is 2.24 bits per heavy atom. The van der Waals surface area contributed by atoms with E-state index < -0.39 is 0 Å². The Hall–Kier alpha value is -2.38. The van der Waals surface area contributed by atoms with Crippen molar-refractivity contribution in [2.75, 3.05) is 10.7 Å². The van der Waals surface area contributed by atoms with Crippen molar-refractivity contribution in [1.29, 1.82) is 0 Å². The standard InChI is InChI=1S/C13H12ClN5O2/c14-9-6-16-13(19-15)18-12(9)21-8-2-3-10-7(5-8)1-4-11(20)17-10/h2-3,5-6H,1,4,15H2,(H,17,20)(H,16,18,19). The summed E-state index contributed by atoms with van der Waals surface area (Å²) in [5.41, 5.74) is 4.14. The molecular formula is C13H12ClN5O2. The number of hydrazine groups is 1. The van der Waals surface area contributed by atoms with Crippen LogP contribution in [0.5, 0.6) is 11.6 Å². The molecule has 0 atom stereocenters. The van der Waals surface area contributed by atoms with Gasteiger partial charge in [0.05, 0.1) is 6.20 Å². The lowest BCUT2D eigenvalue weighted by Crippen LogP contribution is -2.18. The Labute approximate surface area is 125 Å². The lowest BCUT2D eigenvalue weighted by molar-refractivity contribution is -0.116. The Morgan fingerprint density at radius 1 is 1.38 bits per heavy atom. The van der Waals surface area contributed by atoms with Crippen LogP contribution in [0.4, 0.5) is 11.6 Å². The van der Waals surface area contributed by atoms with Crippen LogP contribution in [0.2, 0.25) is 5.02 Å². The summed E-state index contributed by atoms with van der Waals surface area (Å²) in [5.74, 6) is 6.27.